The zero-order valence-corrected chi connectivity index (χ0v) is 18.6. The summed E-state index contributed by atoms with van der Waals surface area (Å²) in [6.45, 7) is 1.46. The van der Waals surface area contributed by atoms with E-state index >= 15 is 0 Å². The van der Waals surface area contributed by atoms with Crippen LogP contribution in [-0.2, 0) is 20.8 Å². The lowest BCUT2D eigenvalue weighted by atomic mass is 10.3. The Morgan fingerprint density at radius 2 is 1.84 bits per heavy atom. The van der Waals surface area contributed by atoms with Crippen LogP contribution in [0.2, 0.25) is 0 Å². The van der Waals surface area contributed by atoms with Crippen LogP contribution in [0.15, 0.2) is 41.8 Å². The molecule has 1 aliphatic rings. The van der Waals surface area contributed by atoms with E-state index in [1.165, 1.54) is 27.6 Å². The lowest BCUT2D eigenvalue weighted by Gasteiger charge is -2.25. The molecular formula is C21H20N4O4S2. The normalized spacial score (nSPS) is 15.2. The SMILES string of the molecule is C[C@@H](c1nc2ccccc2s1)N(C)C(=O)CN1C(=O)C(=O)N(CCc2cccs2)C1=O. The van der Waals surface area contributed by atoms with Crippen LogP contribution in [0, 0.1) is 0 Å². The summed E-state index contributed by atoms with van der Waals surface area (Å²) >= 11 is 3.00. The van der Waals surface area contributed by atoms with E-state index in [0.717, 1.165) is 29.9 Å². The number of imide groups is 2. The van der Waals surface area contributed by atoms with Crippen LogP contribution in [-0.4, -0.2) is 63.6 Å². The predicted octanol–water partition coefficient (Wildman–Crippen LogP) is 2.91. The van der Waals surface area contributed by atoms with Gasteiger partial charge in [0.25, 0.3) is 0 Å². The van der Waals surface area contributed by atoms with Gasteiger partial charge in [0.2, 0.25) is 5.91 Å². The number of fused-ring (bicyclic) bond motifs is 1. The standard InChI is InChI=1S/C21H20N4O4S2/c1-13(18-22-15-7-3-4-8-16(15)31-18)23(2)17(26)12-25-20(28)19(27)24(21(25)29)10-9-14-6-5-11-30-14/h3-8,11,13H,9-10,12H2,1-2H3/t13-/m0/s1. The van der Waals surface area contributed by atoms with Gasteiger partial charge in [-0.1, -0.05) is 18.2 Å². The third-order valence-corrected chi connectivity index (χ3v) is 7.38. The molecule has 0 aliphatic carbocycles. The molecule has 0 radical (unpaired) electrons. The summed E-state index contributed by atoms with van der Waals surface area (Å²) in [5.74, 6) is -2.30. The molecule has 0 spiro atoms. The molecule has 1 aromatic carbocycles. The molecule has 10 heteroatoms. The summed E-state index contributed by atoms with van der Waals surface area (Å²) in [5.41, 5.74) is 0.854. The van der Waals surface area contributed by atoms with Gasteiger partial charge >= 0.3 is 17.8 Å². The average molecular weight is 457 g/mol. The molecule has 4 rings (SSSR count). The van der Waals surface area contributed by atoms with Crippen LogP contribution in [0.3, 0.4) is 0 Å². The Morgan fingerprint density at radius 3 is 2.55 bits per heavy atom. The lowest BCUT2D eigenvalue weighted by molar-refractivity contribution is -0.145. The number of likely N-dealkylation sites (N-methyl/N-ethyl adjacent to an activating group) is 1. The number of amides is 5. The third-order valence-electron chi connectivity index (χ3n) is 5.23. The first-order valence-corrected chi connectivity index (χ1v) is 11.4. The molecular weight excluding hydrogens is 436 g/mol. The van der Waals surface area contributed by atoms with E-state index < -0.39 is 30.3 Å². The smallest absolute Gasteiger partial charge is 0.334 e. The largest absolute Gasteiger partial charge is 0.335 e. The fraction of sp³-hybridized carbons (Fsp3) is 0.286. The van der Waals surface area contributed by atoms with E-state index in [2.05, 4.69) is 4.98 Å². The minimum atomic E-state index is -0.967. The third kappa shape index (κ3) is 4.08. The Kier molecular flexibility index (Phi) is 5.84. The number of aromatic nitrogens is 1. The van der Waals surface area contributed by atoms with Crippen molar-refractivity contribution < 1.29 is 19.2 Å². The van der Waals surface area contributed by atoms with Crippen molar-refractivity contribution in [2.45, 2.75) is 19.4 Å². The van der Waals surface area contributed by atoms with Gasteiger partial charge in [0.1, 0.15) is 11.6 Å². The molecule has 1 fully saturated rings. The van der Waals surface area contributed by atoms with E-state index in [4.69, 9.17) is 0 Å². The van der Waals surface area contributed by atoms with Gasteiger partial charge in [0.05, 0.1) is 16.3 Å². The topological polar surface area (TPSA) is 90.9 Å². The second-order valence-corrected chi connectivity index (χ2v) is 9.25. The van der Waals surface area contributed by atoms with Crippen LogP contribution in [0.4, 0.5) is 4.79 Å². The molecule has 8 nitrogen and oxygen atoms in total. The van der Waals surface area contributed by atoms with Crippen molar-refractivity contribution in [1.29, 1.82) is 0 Å². The number of thiophene rings is 1. The van der Waals surface area contributed by atoms with E-state index in [1.807, 2.05) is 48.7 Å². The molecule has 3 aromatic rings. The van der Waals surface area contributed by atoms with Crippen LogP contribution in [0.5, 0.6) is 0 Å². The molecule has 1 saturated heterocycles. The van der Waals surface area contributed by atoms with Gasteiger partial charge in [0, 0.05) is 24.9 Å². The highest BCUT2D eigenvalue weighted by Crippen LogP contribution is 2.29. The van der Waals surface area contributed by atoms with E-state index in [9.17, 15) is 19.2 Å². The highest BCUT2D eigenvalue weighted by Gasteiger charge is 2.45. The maximum absolute atomic E-state index is 12.8. The maximum atomic E-state index is 12.8. The predicted molar refractivity (Wildman–Crippen MR) is 118 cm³/mol. The number of nitrogens with zero attached hydrogens (tertiary/aromatic N) is 4. The molecule has 160 valence electrons. The van der Waals surface area contributed by atoms with Crippen LogP contribution >= 0.6 is 22.7 Å². The summed E-state index contributed by atoms with van der Waals surface area (Å²) in [4.78, 5) is 58.7. The Bertz CT molecular complexity index is 1120. The zero-order chi connectivity index (χ0) is 22.1. The van der Waals surface area contributed by atoms with Crippen LogP contribution in [0.1, 0.15) is 22.9 Å². The van der Waals surface area contributed by atoms with Crippen LogP contribution in [0.25, 0.3) is 10.2 Å². The number of hydrogen-bond donors (Lipinski definition) is 0. The molecule has 0 unspecified atom stereocenters. The van der Waals surface area contributed by atoms with Crippen molar-refractivity contribution >= 4 is 56.6 Å². The number of carbonyl (C=O) groups excluding carboxylic acids is 4. The molecule has 1 aliphatic heterocycles. The number of urea groups is 1. The van der Waals surface area contributed by atoms with Crippen molar-refractivity contribution in [3.05, 3.63) is 51.7 Å². The second-order valence-electron chi connectivity index (χ2n) is 7.16. The number of thiazole rings is 1. The fourth-order valence-electron chi connectivity index (χ4n) is 3.26. The van der Waals surface area contributed by atoms with Gasteiger partial charge in [-0.25, -0.2) is 14.7 Å². The molecule has 2 aromatic heterocycles. The first-order chi connectivity index (χ1) is 14.9. The summed E-state index contributed by atoms with van der Waals surface area (Å²) in [6.07, 6.45) is 0.471. The van der Waals surface area contributed by atoms with Gasteiger partial charge in [-0.15, -0.1) is 22.7 Å². The number of carbonyl (C=O) groups is 4. The quantitative estimate of drug-likeness (QED) is 0.403. The monoisotopic (exact) mass is 456 g/mol. The first-order valence-electron chi connectivity index (χ1n) is 9.67. The molecule has 3 heterocycles. The average Bonchev–Trinajstić information content (AvgIpc) is 3.48. The number of benzene rings is 1. The lowest BCUT2D eigenvalue weighted by Crippen LogP contribution is -2.43. The fourth-order valence-corrected chi connectivity index (χ4v) is 5.02. The highest BCUT2D eigenvalue weighted by molar-refractivity contribution is 7.18. The molecule has 0 N–H and O–H groups in total. The first kappa shape index (κ1) is 21.1. The van der Waals surface area contributed by atoms with Gasteiger partial charge in [-0.05, 0) is 30.5 Å². The Balaban J connectivity index is 1.42. The summed E-state index contributed by atoms with van der Waals surface area (Å²) < 4.78 is 1.02. The van der Waals surface area contributed by atoms with Gasteiger partial charge in [-0.2, -0.15) is 0 Å². The Morgan fingerprint density at radius 1 is 1.10 bits per heavy atom. The number of para-hydroxylation sites is 1. The molecule has 0 bridgehead atoms. The van der Waals surface area contributed by atoms with Crippen molar-refractivity contribution in [2.24, 2.45) is 0 Å². The molecule has 31 heavy (non-hydrogen) atoms. The zero-order valence-electron chi connectivity index (χ0n) is 17.0. The summed E-state index contributed by atoms with van der Waals surface area (Å²) in [7, 11) is 1.60. The van der Waals surface area contributed by atoms with E-state index in [-0.39, 0.29) is 12.6 Å². The highest BCUT2D eigenvalue weighted by atomic mass is 32.1. The van der Waals surface area contributed by atoms with E-state index in [0.29, 0.717) is 6.42 Å². The number of rotatable bonds is 7. The molecule has 1 atom stereocenters. The minimum Gasteiger partial charge on any atom is -0.335 e. The van der Waals surface area contributed by atoms with E-state index in [1.54, 1.807) is 7.05 Å². The van der Waals surface area contributed by atoms with Crippen molar-refractivity contribution in [1.82, 2.24) is 19.7 Å². The van der Waals surface area contributed by atoms with Gasteiger partial charge < -0.3 is 4.90 Å². The maximum Gasteiger partial charge on any atom is 0.334 e. The molecule has 0 saturated carbocycles. The van der Waals surface area contributed by atoms with Crippen molar-refractivity contribution in [3.63, 3.8) is 0 Å². The van der Waals surface area contributed by atoms with Crippen LogP contribution < -0.4 is 0 Å². The van der Waals surface area contributed by atoms with Gasteiger partial charge in [-0.3, -0.25) is 19.3 Å². The van der Waals surface area contributed by atoms with Crippen molar-refractivity contribution in [2.75, 3.05) is 20.1 Å². The Labute approximate surface area is 186 Å². The van der Waals surface area contributed by atoms with Gasteiger partial charge in [0.15, 0.2) is 0 Å². The van der Waals surface area contributed by atoms with Crippen molar-refractivity contribution in [3.8, 4) is 0 Å². The summed E-state index contributed by atoms with van der Waals surface area (Å²) in [6, 6.07) is 10.4. The summed E-state index contributed by atoms with van der Waals surface area (Å²) in [5, 5.41) is 2.66. The number of hydrogen-bond acceptors (Lipinski definition) is 7. The molecule has 5 amide bonds. The second kappa shape index (κ2) is 8.56. The Hall–Kier alpha value is -3.11. The minimum absolute atomic E-state index is 0.104.